The molecule has 1 amide bonds. The van der Waals surface area contributed by atoms with Gasteiger partial charge in [0.05, 0.1) is 17.4 Å². The smallest absolute Gasteiger partial charge is 0.282 e. The standard InChI is InChI=1S/C10H17N3O3S2/c1-4-7(2)18(15)10-13-12-9(17-10)8(14)11-5-6-16-3/h7H,4-6H2,1-3H3,(H,11,14). The number of nitrogens with one attached hydrogen (secondary N) is 1. The SMILES string of the molecule is CCC(C)S(=O)c1nnc(C(=O)NCCOC)s1. The summed E-state index contributed by atoms with van der Waals surface area (Å²) in [7, 11) is 0.369. The first-order valence-electron chi connectivity index (χ1n) is 5.61. The highest BCUT2D eigenvalue weighted by molar-refractivity contribution is 7.87. The van der Waals surface area contributed by atoms with E-state index in [-0.39, 0.29) is 16.2 Å². The van der Waals surface area contributed by atoms with Crippen LogP contribution in [0.15, 0.2) is 4.34 Å². The maximum absolute atomic E-state index is 11.9. The normalized spacial score (nSPS) is 14.2. The molecule has 0 bridgehead atoms. The van der Waals surface area contributed by atoms with E-state index in [0.717, 1.165) is 17.8 Å². The molecule has 6 nitrogen and oxygen atoms in total. The molecule has 0 aliphatic rings. The van der Waals surface area contributed by atoms with Crippen molar-refractivity contribution >= 4 is 28.0 Å². The Labute approximate surface area is 113 Å². The summed E-state index contributed by atoms with van der Waals surface area (Å²) in [6.07, 6.45) is 0.793. The van der Waals surface area contributed by atoms with E-state index >= 15 is 0 Å². The van der Waals surface area contributed by atoms with Crippen LogP contribution in [0, 0.1) is 0 Å². The molecule has 18 heavy (non-hydrogen) atoms. The maximum Gasteiger partial charge on any atom is 0.282 e. The van der Waals surface area contributed by atoms with Crippen LogP contribution < -0.4 is 5.32 Å². The molecule has 0 fully saturated rings. The first-order chi connectivity index (χ1) is 8.60. The van der Waals surface area contributed by atoms with Gasteiger partial charge >= 0.3 is 0 Å². The molecule has 0 saturated carbocycles. The van der Waals surface area contributed by atoms with Crippen LogP contribution in [0.25, 0.3) is 0 Å². The number of amides is 1. The number of methoxy groups -OCH3 is 1. The second-order valence-corrected chi connectivity index (χ2v) is 6.66. The van der Waals surface area contributed by atoms with Gasteiger partial charge in [0.2, 0.25) is 9.35 Å². The molecule has 8 heteroatoms. The Kier molecular flexibility index (Phi) is 6.37. The lowest BCUT2D eigenvalue weighted by atomic mass is 10.4. The number of hydrogen-bond acceptors (Lipinski definition) is 6. The number of nitrogens with zero attached hydrogens (tertiary/aromatic N) is 2. The molecule has 2 atom stereocenters. The predicted molar refractivity (Wildman–Crippen MR) is 70.3 cm³/mol. The molecule has 1 aromatic heterocycles. The Morgan fingerprint density at radius 1 is 1.56 bits per heavy atom. The minimum Gasteiger partial charge on any atom is -0.383 e. The van der Waals surface area contributed by atoms with Gasteiger partial charge in [-0.3, -0.25) is 9.00 Å². The van der Waals surface area contributed by atoms with Crippen molar-refractivity contribution in [1.29, 1.82) is 0 Å². The number of aromatic nitrogens is 2. The fraction of sp³-hybridized carbons (Fsp3) is 0.700. The molecular weight excluding hydrogens is 274 g/mol. The van der Waals surface area contributed by atoms with Gasteiger partial charge in [-0.2, -0.15) is 0 Å². The number of hydrogen-bond donors (Lipinski definition) is 1. The van der Waals surface area contributed by atoms with Gasteiger partial charge in [0, 0.05) is 18.9 Å². The van der Waals surface area contributed by atoms with Gasteiger partial charge in [-0.05, 0) is 6.42 Å². The van der Waals surface area contributed by atoms with Crippen molar-refractivity contribution in [1.82, 2.24) is 15.5 Å². The zero-order valence-electron chi connectivity index (χ0n) is 10.6. The average molecular weight is 291 g/mol. The quantitative estimate of drug-likeness (QED) is 0.752. The van der Waals surface area contributed by atoms with Gasteiger partial charge in [0.25, 0.3) is 5.91 Å². The summed E-state index contributed by atoms with van der Waals surface area (Å²) in [5.41, 5.74) is 0. The monoisotopic (exact) mass is 291 g/mol. The van der Waals surface area contributed by atoms with Crippen molar-refractivity contribution in [3.05, 3.63) is 5.01 Å². The molecule has 102 valence electrons. The number of rotatable bonds is 7. The second-order valence-electron chi connectivity index (χ2n) is 3.64. The predicted octanol–water partition coefficient (Wildman–Crippen LogP) is 0.820. The second kappa shape index (κ2) is 7.55. The first kappa shape index (κ1) is 15.2. The fourth-order valence-electron chi connectivity index (χ4n) is 1.05. The Balaban J connectivity index is 2.62. The van der Waals surface area contributed by atoms with E-state index in [1.165, 1.54) is 0 Å². The van der Waals surface area contributed by atoms with Crippen LogP contribution in [0.2, 0.25) is 0 Å². The highest BCUT2D eigenvalue weighted by atomic mass is 32.2. The number of carbonyl (C=O) groups is 1. The summed E-state index contributed by atoms with van der Waals surface area (Å²) >= 11 is 1.08. The third-order valence-electron chi connectivity index (χ3n) is 2.30. The van der Waals surface area contributed by atoms with Crippen molar-refractivity contribution in [2.45, 2.75) is 29.9 Å². The largest absolute Gasteiger partial charge is 0.383 e. The number of ether oxygens (including phenoxy) is 1. The first-order valence-corrected chi connectivity index (χ1v) is 7.64. The summed E-state index contributed by atoms with van der Waals surface area (Å²) < 4.78 is 17.2. The highest BCUT2D eigenvalue weighted by Gasteiger charge is 2.19. The number of carbonyl (C=O) groups excluding carboxylic acids is 1. The molecule has 0 spiro atoms. The molecule has 1 heterocycles. The highest BCUT2D eigenvalue weighted by Crippen LogP contribution is 2.18. The third kappa shape index (κ3) is 4.11. The van der Waals surface area contributed by atoms with Crippen molar-refractivity contribution in [3.63, 3.8) is 0 Å². The molecule has 1 aromatic rings. The summed E-state index contributed by atoms with van der Waals surface area (Å²) in [5.74, 6) is -0.308. The summed E-state index contributed by atoms with van der Waals surface area (Å²) in [6.45, 7) is 4.70. The summed E-state index contributed by atoms with van der Waals surface area (Å²) in [5, 5.41) is 10.5. The molecule has 0 saturated heterocycles. The Morgan fingerprint density at radius 2 is 2.28 bits per heavy atom. The lowest BCUT2D eigenvalue weighted by molar-refractivity contribution is 0.0936. The maximum atomic E-state index is 11.9. The molecule has 0 aliphatic carbocycles. The van der Waals surface area contributed by atoms with Crippen LogP contribution in [-0.2, 0) is 15.5 Å². The minimum absolute atomic E-state index is 0.0161. The van der Waals surface area contributed by atoms with E-state index in [2.05, 4.69) is 15.5 Å². The van der Waals surface area contributed by atoms with E-state index < -0.39 is 10.8 Å². The van der Waals surface area contributed by atoms with Crippen LogP contribution in [0.1, 0.15) is 30.1 Å². The zero-order chi connectivity index (χ0) is 13.5. The van der Waals surface area contributed by atoms with E-state index in [4.69, 9.17) is 4.74 Å². The van der Waals surface area contributed by atoms with Crippen molar-refractivity contribution in [3.8, 4) is 0 Å². The van der Waals surface area contributed by atoms with Crippen molar-refractivity contribution in [2.75, 3.05) is 20.3 Å². The lowest BCUT2D eigenvalue weighted by Crippen LogP contribution is -2.26. The van der Waals surface area contributed by atoms with E-state index in [1.807, 2.05) is 13.8 Å². The van der Waals surface area contributed by atoms with Gasteiger partial charge in [0.1, 0.15) is 0 Å². The lowest BCUT2D eigenvalue weighted by Gasteiger charge is -2.03. The minimum atomic E-state index is -1.19. The van der Waals surface area contributed by atoms with Gasteiger partial charge in [-0.1, -0.05) is 25.2 Å². The summed E-state index contributed by atoms with van der Waals surface area (Å²) in [6, 6.07) is 0. The Morgan fingerprint density at radius 3 is 2.89 bits per heavy atom. The van der Waals surface area contributed by atoms with Gasteiger partial charge in [-0.25, -0.2) is 0 Å². The van der Waals surface area contributed by atoms with Gasteiger partial charge in [-0.15, -0.1) is 10.2 Å². The van der Waals surface area contributed by atoms with Gasteiger partial charge in [0.15, 0.2) is 0 Å². The van der Waals surface area contributed by atoms with Crippen molar-refractivity contribution < 1.29 is 13.7 Å². The Hall–Kier alpha value is -0.860. The van der Waals surface area contributed by atoms with Crippen LogP contribution >= 0.6 is 11.3 Å². The molecule has 0 aliphatic heterocycles. The molecule has 2 unspecified atom stereocenters. The molecule has 1 N–H and O–H groups in total. The zero-order valence-corrected chi connectivity index (χ0v) is 12.3. The third-order valence-corrected chi connectivity index (χ3v) is 5.25. The summed E-state index contributed by atoms with van der Waals surface area (Å²) in [4.78, 5) is 11.6. The van der Waals surface area contributed by atoms with Crippen molar-refractivity contribution in [2.24, 2.45) is 0 Å². The van der Waals surface area contributed by atoms with Crippen LogP contribution in [-0.4, -0.2) is 45.8 Å². The van der Waals surface area contributed by atoms with Crippen LogP contribution in [0.4, 0.5) is 0 Å². The van der Waals surface area contributed by atoms with Crippen LogP contribution in [0.5, 0.6) is 0 Å². The van der Waals surface area contributed by atoms with Crippen LogP contribution in [0.3, 0.4) is 0 Å². The average Bonchev–Trinajstić information content (AvgIpc) is 2.86. The Bertz CT molecular complexity index is 422. The fourth-order valence-corrected chi connectivity index (χ4v) is 3.37. The molecular formula is C10H17N3O3S2. The topological polar surface area (TPSA) is 81.2 Å². The van der Waals surface area contributed by atoms with Gasteiger partial charge < -0.3 is 10.1 Å². The van der Waals surface area contributed by atoms with E-state index in [0.29, 0.717) is 17.5 Å². The van der Waals surface area contributed by atoms with E-state index in [1.54, 1.807) is 7.11 Å². The molecule has 1 rings (SSSR count). The molecule has 0 aromatic carbocycles. The van der Waals surface area contributed by atoms with E-state index in [9.17, 15) is 9.00 Å². The molecule has 0 radical (unpaired) electrons.